The first-order chi connectivity index (χ1) is 15.3. The molecule has 182 valence electrons. The van der Waals surface area contributed by atoms with E-state index in [0.717, 1.165) is 12.0 Å². The van der Waals surface area contributed by atoms with Crippen LogP contribution in [0.5, 0.6) is 0 Å². The molecular formula is C24H38O8. The lowest BCUT2D eigenvalue weighted by Gasteiger charge is -2.45. The van der Waals surface area contributed by atoms with Gasteiger partial charge in [-0.3, -0.25) is 0 Å². The van der Waals surface area contributed by atoms with Gasteiger partial charge in [0.05, 0.1) is 13.2 Å². The Kier molecular flexibility index (Phi) is 11.0. The Bertz CT molecular complexity index is 660. The van der Waals surface area contributed by atoms with Crippen LogP contribution in [-0.2, 0) is 44.6 Å². The second kappa shape index (κ2) is 13.2. The van der Waals surface area contributed by atoms with Crippen LogP contribution in [-0.4, -0.2) is 76.3 Å². The fourth-order valence-electron chi connectivity index (χ4n) is 3.49. The molecule has 1 aliphatic rings. The second-order valence-electron chi connectivity index (χ2n) is 8.69. The fraction of sp³-hybridized carbons (Fsp3) is 0.708. The van der Waals surface area contributed by atoms with Crippen LogP contribution in [0, 0.1) is 0 Å². The predicted octanol–water partition coefficient (Wildman–Crippen LogP) is 3.11. The van der Waals surface area contributed by atoms with Gasteiger partial charge in [-0.15, -0.1) is 0 Å². The Balaban J connectivity index is 2.20. The molecule has 1 aromatic carbocycles. The number of carbonyl (C=O) groups is 1. The van der Waals surface area contributed by atoms with E-state index in [9.17, 15) is 4.79 Å². The molecule has 32 heavy (non-hydrogen) atoms. The molecule has 1 heterocycles. The molecule has 2 rings (SSSR count). The van der Waals surface area contributed by atoms with Crippen LogP contribution in [0.1, 0.15) is 39.7 Å². The minimum absolute atomic E-state index is 0.236. The van der Waals surface area contributed by atoms with Gasteiger partial charge in [-0.25, -0.2) is 4.79 Å². The van der Waals surface area contributed by atoms with Crippen molar-refractivity contribution >= 4 is 5.97 Å². The van der Waals surface area contributed by atoms with Gasteiger partial charge in [-0.05, 0) is 32.8 Å². The monoisotopic (exact) mass is 454 g/mol. The number of hydrogen-bond donors (Lipinski definition) is 0. The SMILES string of the molecule is CCCO[C@H]1[C@H](OCC(=O)OC(C)(C)C)[C@@H](COC)OC(OC)[C@@H]1OCc1ccccc1. The summed E-state index contributed by atoms with van der Waals surface area (Å²) >= 11 is 0. The molecule has 0 radical (unpaired) electrons. The van der Waals surface area contributed by atoms with Gasteiger partial charge in [0, 0.05) is 20.8 Å². The number of methoxy groups -OCH3 is 2. The zero-order valence-corrected chi connectivity index (χ0v) is 20.1. The van der Waals surface area contributed by atoms with Crippen LogP contribution in [0.3, 0.4) is 0 Å². The van der Waals surface area contributed by atoms with Crippen LogP contribution in [0.25, 0.3) is 0 Å². The molecule has 5 atom stereocenters. The van der Waals surface area contributed by atoms with Gasteiger partial charge in [0.15, 0.2) is 6.29 Å². The molecule has 0 spiro atoms. The zero-order valence-electron chi connectivity index (χ0n) is 20.1. The number of benzene rings is 1. The molecule has 0 aromatic heterocycles. The summed E-state index contributed by atoms with van der Waals surface area (Å²) in [6.45, 7) is 8.32. The summed E-state index contributed by atoms with van der Waals surface area (Å²) in [6, 6.07) is 9.83. The molecule has 0 amide bonds. The molecule has 8 heteroatoms. The maximum atomic E-state index is 12.3. The van der Waals surface area contributed by atoms with Crippen molar-refractivity contribution in [3.05, 3.63) is 35.9 Å². The second-order valence-corrected chi connectivity index (χ2v) is 8.69. The highest BCUT2D eigenvalue weighted by atomic mass is 16.7. The summed E-state index contributed by atoms with van der Waals surface area (Å²) in [6.07, 6.45) is -2.08. The van der Waals surface area contributed by atoms with E-state index >= 15 is 0 Å². The Morgan fingerprint density at radius 2 is 1.72 bits per heavy atom. The standard InChI is InChI=1S/C24H38O8/c1-7-13-28-21-20(30-16-19(25)32-24(2,3)4)18(15-26-5)31-23(27-6)22(21)29-14-17-11-9-8-10-12-17/h8-12,18,20-23H,7,13-16H2,1-6H3/t18-,20-,21+,22-,23?/m1/s1. The maximum Gasteiger partial charge on any atom is 0.332 e. The van der Waals surface area contributed by atoms with Gasteiger partial charge >= 0.3 is 5.97 Å². The van der Waals surface area contributed by atoms with Crippen molar-refractivity contribution in [3.8, 4) is 0 Å². The summed E-state index contributed by atoms with van der Waals surface area (Å²) in [4.78, 5) is 12.3. The highest BCUT2D eigenvalue weighted by Crippen LogP contribution is 2.30. The quantitative estimate of drug-likeness (QED) is 0.446. The van der Waals surface area contributed by atoms with Crippen LogP contribution in [0.15, 0.2) is 30.3 Å². The van der Waals surface area contributed by atoms with E-state index in [-0.39, 0.29) is 13.2 Å². The highest BCUT2D eigenvalue weighted by molar-refractivity contribution is 5.71. The molecule has 0 N–H and O–H groups in total. The minimum atomic E-state index is -0.679. The van der Waals surface area contributed by atoms with Crippen LogP contribution < -0.4 is 0 Å². The van der Waals surface area contributed by atoms with E-state index in [1.54, 1.807) is 14.2 Å². The Labute approximate surface area is 191 Å². The largest absolute Gasteiger partial charge is 0.458 e. The third kappa shape index (κ3) is 8.42. The maximum absolute atomic E-state index is 12.3. The van der Waals surface area contributed by atoms with Crippen molar-refractivity contribution in [2.24, 2.45) is 0 Å². The molecular weight excluding hydrogens is 416 g/mol. The van der Waals surface area contributed by atoms with Gasteiger partial charge in [0.1, 0.15) is 36.6 Å². The summed E-state index contributed by atoms with van der Waals surface area (Å²) in [5.41, 5.74) is 0.414. The van der Waals surface area contributed by atoms with E-state index in [1.165, 1.54) is 0 Å². The first-order valence-electron chi connectivity index (χ1n) is 11.1. The molecule has 8 nitrogen and oxygen atoms in total. The first-order valence-corrected chi connectivity index (χ1v) is 11.1. The molecule has 1 aliphatic heterocycles. The average Bonchev–Trinajstić information content (AvgIpc) is 2.75. The highest BCUT2D eigenvalue weighted by Gasteiger charge is 2.48. The van der Waals surface area contributed by atoms with Crippen molar-refractivity contribution in [1.82, 2.24) is 0 Å². The zero-order chi connectivity index (χ0) is 23.6. The Morgan fingerprint density at radius 3 is 2.31 bits per heavy atom. The van der Waals surface area contributed by atoms with Crippen molar-refractivity contribution in [2.45, 2.75) is 77.0 Å². The van der Waals surface area contributed by atoms with Crippen LogP contribution >= 0.6 is 0 Å². The predicted molar refractivity (Wildman–Crippen MR) is 118 cm³/mol. The van der Waals surface area contributed by atoms with Crippen LogP contribution in [0.2, 0.25) is 0 Å². The van der Waals surface area contributed by atoms with E-state index in [4.69, 9.17) is 33.2 Å². The van der Waals surface area contributed by atoms with Crippen molar-refractivity contribution in [2.75, 3.05) is 34.0 Å². The van der Waals surface area contributed by atoms with E-state index in [0.29, 0.717) is 13.2 Å². The number of hydrogen-bond acceptors (Lipinski definition) is 8. The third-order valence-corrected chi connectivity index (χ3v) is 4.77. The number of ether oxygens (including phenoxy) is 7. The van der Waals surface area contributed by atoms with Gasteiger partial charge in [-0.1, -0.05) is 37.3 Å². The Hall–Kier alpha value is -1.55. The summed E-state index contributed by atoms with van der Waals surface area (Å²) < 4.78 is 40.8. The van der Waals surface area contributed by atoms with Crippen molar-refractivity contribution in [3.63, 3.8) is 0 Å². The molecule has 1 fully saturated rings. The summed E-state index contributed by atoms with van der Waals surface area (Å²) in [7, 11) is 3.14. The first kappa shape index (κ1) is 26.7. The normalized spacial score (nSPS) is 26.1. The summed E-state index contributed by atoms with van der Waals surface area (Å²) in [5.74, 6) is -0.460. The Morgan fingerprint density at radius 1 is 1.00 bits per heavy atom. The van der Waals surface area contributed by atoms with Crippen LogP contribution in [0.4, 0.5) is 0 Å². The average molecular weight is 455 g/mol. The lowest BCUT2D eigenvalue weighted by atomic mass is 9.98. The van der Waals surface area contributed by atoms with Gasteiger partial charge in [0.25, 0.3) is 0 Å². The lowest BCUT2D eigenvalue weighted by molar-refractivity contribution is -0.319. The molecule has 1 unspecified atom stereocenters. The van der Waals surface area contributed by atoms with Crippen molar-refractivity contribution < 1.29 is 38.0 Å². The molecule has 0 bridgehead atoms. The van der Waals surface area contributed by atoms with Gasteiger partial charge < -0.3 is 33.2 Å². The summed E-state index contributed by atoms with van der Waals surface area (Å²) in [5, 5.41) is 0. The topological polar surface area (TPSA) is 81.7 Å². The number of rotatable bonds is 12. The van der Waals surface area contributed by atoms with Crippen molar-refractivity contribution in [1.29, 1.82) is 0 Å². The van der Waals surface area contributed by atoms with E-state index in [1.807, 2.05) is 58.0 Å². The third-order valence-electron chi connectivity index (χ3n) is 4.77. The fourth-order valence-corrected chi connectivity index (χ4v) is 3.49. The van der Waals surface area contributed by atoms with Gasteiger partial charge in [-0.2, -0.15) is 0 Å². The molecule has 0 aliphatic carbocycles. The van der Waals surface area contributed by atoms with E-state index < -0.39 is 42.3 Å². The molecule has 1 aromatic rings. The smallest absolute Gasteiger partial charge is 0.332 e. The lowest BCUT2D eigenvalue weighted by Crippen LogP contribution is -2.62. The van der Waals surface area contributed by atoms with E-state index in [2.05, 4.69) is 0 Å². The number of carbonyl (C=O) groups excluding carboxylic acids is 1. The molecule has 1 saturated heterocycles. The molecule has 0 saturated carbocycles. The number of esters is 1. The minimum Gasteiger partial charge on any atom is -0.458 e. The van der Waals surface area contributed by atoms with Gasteiger partial charge in [0.2, 0.25) is 0 Å².